The van der Waals surface area contributed by atoms with Crippen LogP contribution in [0, 0.1) is 18.3 Å². The minimum atomic E-state index is -0.155. The molecule has 118 valence electrons. The monoisotopic (exact) mass is 317 g/mol. The van der Waals surface area contributed by atoms with Gasteiger partial charge in [0.25, 0.3) is 0 Å². The molecule has 24 heavy (non-hydrogen) atoms. The van der Waals surface area contributed by atoms with Gasteiger partial charge >= 0.3 is 0 Å². The van der Waals surface area contributed by atoms with Gasteiger partial charge in [0.2, 0.25) is 5.78 Å². The quantitative estimate of drug-likeness (QED) is 0.798. The van der Waals surface area contributed by atoms with Gasteiger partial charge in [-0.1, -0.05) is 42.5 Å². The summed E-state index contributed by atoms with van der Waals surface area (Å²) >= 11 is 0. The summed E-state index contributed by atoms with van der Waals surface area (Å²) in [5, 5.41) is 8.61. The fourth-order valence-electron chi connectivity index (χ4n) is 2.46. The molecule has 0 fully saturated rings. The van der Waals surface area contributed by atoms with E-state index in [-0.39, 0.29) is 18.1 Å². The highest BCUT2D eigenvalue weighted by molar-refractivity contribution is 6.12. The minimum absolute atomic E-state index is 0.0456. The minimum Gasteiger partial charge on any atom is -0.478 e. The molecule has 0 N–H and O–H groups in total. The molecule has 0 saturated carbocycles. The molecule has 0 amide bonds. The van der Waals surface area contributed by atoms with Gasteiger partial charge in [0.1, 0.15) is 17.6 Å². The van der Waals surface area contributed by atoms with Crippen LogP contribution in [0.5, 0.6) is 11.5 Å². The van der Waals surface area contributed by atoms with Crippen LogP contribution in [0.2, 0.25) is 0 Å². The predicted molar refractivity (Wildman–Crippen MR) is 90.8 cm³/mol. The van der Waals surface area contributed by atoms with Gasteiger partial charge in [0, 0.05) is 5.56 Å². The molecule has 2 aromatic rings. The average molecular weight is 317 g/mol. The van der Waals surface area contributed by atoms with Crippen LogP contribution in [0.4, 0.5) is 0 Å². The first kappa shape index (κ1) is 15.6. The normalized spacial score (nSPS) is 14.5. The number of carbonyl (C=O) groups is 1. The zero-order valence-corrected chi connectivity index (χ0v) is 13.2. The van der Waals surface area contributed by atoms with Crippen LogP contribution in [0.15, 0.2) is 60.4 Å². The van der Waals surface area contributed by atoms with Crippen LogP contribution in [-0.2, 0) is 0 Å². The molecule has 0 unspecified atom stereocenters. The number of Topliss-reactive ketones (excluding diaryl/α,β-unsaturated/α-hetero) is 1. The molecule has 1 aliphatic rings. The van der Waals surface area contributed by atoms with Gasteiger partial charge in [0.05, 0.1) is 5.56 Å². The Kier molecular flexibility index (Phi) is 4.44. The molecule has 0 saturated heterocycles. The van der Waals surface area contributed by atoms with Crippen molar-refractivity contribution in [3.63, 3.8) is 0 Å². The number of hydrogen-bond donors (Lipinski definition) is 0. The van der Waals surface area contributed by atoms with E-state index in [1.807, 2.05) is 49.4 Å². The maximum Gasteiger partial charge on any atom is 0.231 e. The van der Waals surface area contributed by atoms with E-state index in [1.54, 1.807) is 24.3 Å². The number of rotatable bonds is 4. The molecule has 2 aromatic carbocycles. The Morgan fingerprint density at radius 3 is 2.75 bits per heavy atom. The fraction of sp³-hybridized carbons (Fsp3) is 0.100. The fourth-order valence-corrected chi connectivity index (χ4v) is 2.46. The highest BCUT2D eigenvalue weighted by Crippen LogP contribution is 2.38. The third-order valence-electron chi connectivity index (χ3n) is 3.66. The number of ketones is 1. The summed E-state index contributed by atoms with van der Waals surface area (Å²) in [6, 6.07) is 15.1. The number of fused-ring (bicyclic) bond motifs is 1. The summed E-state index contributed by atoms with van der Waals surface area (Å²) in [4.78, 5) is 12.4. The van der Waals surface area contributed by atoms with E-state index in [4.69, 9.17) is 14.7 Å². The Morgan fingerprint density at radius 1 is 1.21 bits per heavy atom. The van der Waals surface area contributed by atoms with E-state index in [0.717, 1.165) is 5.56 Å². The zero-order chi connectivity index (χ0) is 16.9. The van der Waals surface area contributed by atoms with Crippen LogP contribution in [0.3, 0.4) is 0 Å². The molecule has 1 aliphatic heterocycles. The van der Waals surface area contributed by atoms with Crippen LogP contribution >= 0.6 is 0 Å². The van der Waals surface area contributed by atoms with Gasteiger partial charge < -0.3 is 9.47 Å². The second-order valence-electron chi connectivity index (χ2n) is 5.24. The second kappa shape index (κ2) is 6.84. The van der Waals surface area contributed by atoms with E-state index < -0.39 is 0 Å². The molecule has 1 heterocycles. The first-order chi connectivity index (χ1) is 11.7. The van der Waals surface area contributed by atoms with E-state index in [0.29, 0.717) is 22.6 Å². The Balaban J connectivity index is 1.83. The van der Waals surface area contributed by atoms with Crippen molar-refractivity contribution < 1.29 is 14.3 Å². The molecule has 0 bridgehead atoms. The summed E-state index contributed by atoms with van der Waals surface area (Å²) in [5.74, 6) is 1.16. The van der Waals surface area contributed by atoms with Crippen molar-refractivity contribution in [2.75, 3.05) is 6.61 Å². The molecular formula is C20H15NO3. The average Bonchev–Trinajstić information content (AvgIpc) is 2.93. The maximum atomic E-state index is 12.4. The summed E-state index contributed by atoms with van der Waals surface area (Å²) in [6.07, 6.45) is 5.35. The lowest BCUT2D eigenvalue weighted by Crippen LogP contribution is -1.97. The van der Waals surface area contributed by atoms with Crippen LogP contribution in [0.25, 0.3) is 6.08 Å². The van der Waals surface area contributed by atoms with Crippen molar-refractivity contribution in [2.24, 2.45) is 0 Å². The van der Waals surface area contributed by atoms with Gasteiger partial charge in [-0.15, -0.1) is 0 Å². The summed E-state index contributed by atoms with van der Waals surface area (Å²) in [7, 11) is 0. The maximum absolute atomic E-state index is 12.4. The summed E-state index contributed by atoms with van der Waals surface area (Å²) in [5.41, 5.74) is 2.27. The highest BCUT2D eigenvalue weighted by Gasteiger charge is 2.29. The van der Waals surface area contributed by atoms with E-state index in [1.165, 1.54) is 0 Å². The Morgan fingerprint density at radius 2 is 2.00 bits per heavy atom. The van der Waals surface area contributed by atoms with Gasteiger partial charge in [-0.3, -0.25) is 4.79 Å². The first-order valence-electron chi connectivity index (χ1n) is 7.50. The molecule has 4 heteroatoms. The van der Waals surface area contributed by atoms with E-state index in [9.17, 15) is 4.79 Å². The lowest BCUT2D eigenvalue weighted by molar-refractivity contribution is 0.101. The molecule has 0 aromatic heterocycles. The van der Waals surface area contributed by atoms with Gasteiger partial charge in [-0.25, -0.2) is 0 Å². The lowest BCUT2D eigenvalue weighted by atomic mass is 10.1. The van der Waals surface area contributed by atoms with Crippen molar-refractivity contribution in [1.29, 1.82) is 5.26 Å². The largest absolute Gasteiger partial charge is 0.478 e. The standard InChI is InChI=1S/C20H15NO3/c1-14-17(23-13-12-21)11-10-16-19(22)18(24-20(14)16)9-5-8-15-6-3-2-4-7-15/h2-11H,13H2,1H3/b8-5+,18-9-. The highest BCUT2D eigenvalue weighted by atomic mass is 16.5. The van der Waals surface area contributed by atoms with E-state index >= 15 is 0 Å². The molecular weight excluding hydrogens is 302 g/mol. The lowest BCUT2D eigenvalue weighted by Gasteiger charge is -2.08. The number of carbonyl (C=O) groups excluding carboxylic acids is 1. The number of hydrogen-bond acceptors (Lipinski definition) is 4. The number of nitrogens with zero attached hydrogens (tertiary/aromatic N) is 1. The molecule has 0 aliphatic carbocycles. The van der Waals surface area contributed by atoms with Crippen molar-refractivity contribution in [3.05, 3.63) is 77.1 Å². The number of ether oxygens (including phenoxy) is 2. The summed E-state index contributed by atoms with van der Waals surface area (Å²) in [6.45, 7) is 1.76. The van der Waals surface area contributed by atoms with Crippen molar-refractivity contribution in [3.8, 4) is 17.6 Å². The van der Waals surface area contributed by atoms with Crippen LogP contribution in [-0.4, -0.2) is 12.4 Å². The zero-order valence-electron chi connectivity index (χ0n) is 13.2. The van der Waals surface area contributed by atoms with Crippen molar-refractivity contribution in [1.82, 2.24) is 0 Å². The van der Waals surface area contributed by atoms with Gasteiger partial charge in [-0.2, -0.15) is 5.26 Å². The smallest absolute Gasteiger partial charge is 0.231 e. The van der Waals surface area contributed by atoms with Gasteiger partial charge in [0.15, 0.2) is 12.4 Å². The number of nitriles is 1. The Bertz CT molecular complexity index is 874. The Labute approximate surface area is 140 Å². The third-order valence-corrected chi connectivity index (χ3v) is 3.66. The topological polar surface area (TPSA) is 59.3 Å². The van der Waals surface area contributed by atoms with Crippen LogP contribution in [0.1, 0.15) is 21.5 Å². The number of benzene rings is 2. The summed E-state index contributed by atoms with van der Waals surface area (Å²) < 4.78 is 11.0. The second-order valence-corrected chi connectivity index (χ2v) is 5.24. The molecule has 4 nitrogen and oxygen atoms in total. The SMILES string of the molecule is Cc1c(OCC#N)ccc2c1O/C(=C\C=C\c1ccccc1)C2=O. The van der Waals surface area contributed by atoms with Crippen LogP contribution < -0.4 is 9.47 Å². The predicted octanol–water partition coefficient (Wildman–Crippen LogP) is 4.07. The molecule has 0 atom stereocenters. The van der Waals surface area contributed by atoms with Crippen molar-refractivity contribution >= 4 is 11.9 Å². The third kappa shape index (κ3) is 3.06. The first-order valence-corrected chi connectivity index (χ1v) is 7.50. The molecule has 3 rings (SSSR count). The molecule has 0 spiro atoms. The Hall–Kier alpha value is -3.32. The van der Waals surface area contributed by atoms with E-state index in [2.05, 4.69) is 0 Å². The number of allylic oxidation sites excluding steroid dienone is 3. The van der Waals surface area contributed by atoms with Gasteiger partial charge in [-0.05, 0) is 30.7 Å². The molecule has 0 radical (unpaired) electrons. The van der Waals surface area contributed by atoms with Crippen molar-refractivity contribution in [2.45, 2.75) is 6.92 Å².